The van der Waals surface area contributed by atoms with Crippen molar-refractivity contribution < 1.29 is 0 Å². The van der Waals surface area contributed by atoms with E-state index in [1.54, 1.807) is 0 Å². The van der Waals surface area contributed by atoms with Crippen LogP contribution in [0.4, 0.5) is 5.69 Å². The molecule has 1 heterocycles. The molecule has 0 aromatic heterocycles. The topological polar surface area (TPSA) is 32.5 Å². The van der Waals surface area contributed by atoms with Gasteiger partial charge in [0.25, 0.3) is 0 Å². The zero-order valence-electron chi connectivity index (χ0n) is 11.6. The van der Waals surface area contributed by atoms with Gasteiger partial charge in [0.05, 0.1) is 0 Å². The minimum absolute atomic E-state index is 0.626. The molecule has 18 heavy (non-hydrogen) atoms. The van der Waals surface area contributed by atoms with E-state index < -0.39 is 0 Å². The van der Waals surface area contributed by atoms with Crippen molar-refractivity contribution in [2.75, 3.05) is 37.6 Å². The van der Waals surface area contributed by atoms with Crippen molar-refractivity contribution in [1.29, 1.82) is 0 Å². The van der Waals surface area contributed by atoms with E-state index in [2.05, 4.69) is 47.9 Å². The molecule has 0 spiro atoms. The monoisotopic (exact) mass is 247 g/mol. The summed E-state index contributed by atoms with van der Waals surface area (Å²) in [6.45, 7) is 11.0. The molecule has 0 radical (unpaired) electrons. The van der Waals surface area contributed by atoms with Crippen LogP contribution in [0.5, 0.6) is 0 Å². The van der Waals surface area contributed by atoms with Gasteiger partial charge in [-0.05, 0) is 23.6 Å². The molecule has 1 aliphatic rings. The smallest absolute Gasteiger partial charge is 0.0370 e. The zero-order chi connectivity index (χ0) is 13.0. The lowest BCUT2D eigenvalue weighted by Gasteiger charge is -2.37. The van der Waals surface area contributed by atoms with Crippen LogP contribution in [0.1, 0.15) is 19.4 Å². The molecule has 2 rings (SSSR count). The summed E-state index contributed by atoms with van der Waals surface area (Å²) < 4.78 is 0. The van der Waals surface area contributed by atoms with E-state index >= 15 is 0 Å². The zero-order valence-corrected chi connectivity index (χ0v) is 11.6. The minimum Gasteiger partial charge on any atom is -0.369 e. The van der Waals surface area contributed by atoms with Crippen LogP contribution in [0.15, 0.2) is 24.3 Å². The molecule has 3 heteroatoms. The molecule has 3 nitrogen and oxygen atoms in total. The average Bonchev–Trinajstić information content (AvgIpc) is 2.39. The van der Waals surface area contributed by atoms with E-state index in [0.29, 0.717) is 6.54 Å². The van der Waals surface area contributed by atoms with Crippen molar-refractivity contribution in [3.8, 4) is 0 Å². The van der Waals surface area contributed by atoms with Gasteiger partial charge in [-0.1, -0.05) is 26.0 Å². The Morgan fingerprint density at radius 3 is 2.50 bits per heavy atom. The number of piperazine rings is 1. The maximum absolute atomic E-state index is 5.70. The van der Waals surface area contributed by atoms with Crippen LogP contribution in [-0.2, 0) is 6.54 Å². The Balaban J connectivity index is 1.92. The van der Waals surface area contributed by atoms with Gasteiger partial charge >= 0.3 is 0 Å². The summed E-state index contributed by atoms with van der Waals surface area (Å²) in [6, 6.07) is 8.62. The fraction of sp³-hybridized carbons (Fsp3) is 0.600. The summed E-state index contributed by atoms with van der Waals surface area (Å²) in [4.78, 5) is 5.03. The Bertz CT molecular complexity index is 368. The van der Waals surface area contributed by atoms with Crippen LogP contribution in [0, 0.1) is 5.92 Å². The second-order valence-corrected chi connectivity index (χ2v) is 5.56. The fourth-order valence-electron chi connectivity index (χ4n) is 2.59. The molecule has 0 atom stereocenters. The Hall–Kier alpha value is -1.06. The van der Waals surface area contributed by atoms with Gasteiger partial charge in [-0.2, -0.15) is 0 Å². The maximum atomic E-state index is 5.70. The van der Waals surface area contributed by atoms with Crippen LogP contribution in [0.25, 0.3) is 0 Å². The quantitative estimate of drug-likeness (QED) is 0.882. The van der Waals surface area contributed by atoms with Gasteiger partial charge in [-0.3, -0.25) is 4.90 Å². The number of nitrogens with two attached hydrogens (primary N) is 1. The van der Waals surface area contributed by atoms with Gasteiger partial charge in [-0.15, -0.1) is 0 Å². The summed E-state index contributed by atoms with van der Waals surface area (Å²) >= 11 is 0. The molecular weight excluding hydrogens is 222 g/mol. The van der Waals surface area contributed by atoms with Crippen molar-refractivity contribution in [2.45, 2.75) is 20.4 Å². The molecule has 2 N–H and O–H groups in total. The highest BCUT2D eigenvalue weighted by molar-refractivity contribution is 5.49. The van der Waals surface area contributed by atoms with Crippen molar-refractivity contribution in [3.05, 3.63) is 29.8 Å². The molecule has 0 bridgehead atoms. The molecule has 0 unspecified atom stereocenters. The van der Waals surface area contributed by atoms with E-state index in [4.69, 9.17) is 5.73 Å². The highest BCUT2D eigenvalue weighted by atomic mass is 15.3. The third-order valence-corrected chi connectivity index (χ3v) is 3.51. The highest BCUT2D eigenvalue weighted by Gasteiger charge is 2.17. The highest BCUT2D eigenvalue weighted by Crippen LogP contribution is 2.18. The molecule has 1 aromatic carbocycles. The second-order valence-electron chi connectivity index (χ2n) is 5.56. The predicted octanol–water partition coefficient (Wildman–Crippen LogP) is 1.92. The third kappa shape index (κ3) is 3.47. The molecule has 1 aromatic rings. The van der Waals surface area contributed by atoms with Crippen molar-refractivity contribution >= 4 is 5.69 Å². The predicted molar refractivity (Wildman–Crippen MR) is 77.8 cm³/mol. The summed E-state index contributed by atoms with van der Waals surface area (Å²) in [7, 11) is 0. The van der Waals surface area contributed by atoms with Crippen molar-refractivity contribution in [1.82, 2.24) is 4.90 Å². The standard InChI is InChI=1S/C15H25N3/c1-13(2)12-17-6-8-18(9-7-17)15-5-3-4-14(10-15)11-16/h3-5,10,13H,6-9,11-12,16H2,1-2H3. The molecular formula is C15H25N3. The number of benzene rings is 1. The molecule has 100 valence electrons. The maximum Gasteiger partial charge on any atom is 0.0370 e. The first-order valence-corrected chi connectivity index (χ1v) is 6.95. The van der Waals surface area contributed by atoms with E-state index in [1.165, 1.54) is 30.9 Å². The van der Waals surface area contributed by atoms with E-state index in [0.717, 1.165) is 19.0 Å². The van der Waals surface area contributed by atoms with E-state index in [9.17, 15) is 0 Å². The molecule has 1 aliphatic heterocycles. The van der Waals surface area contributed by atoms with E-state index in [-0.39, 0.29) is 0 Å². The minimum atomic E-state index is 0.626. The summed E-state index contributed by atoms with van der Waals surface area (Å²) in [5, 5.41) is 0. The Labute approximate surface area is 111 Å². The van der Waals surface area contributed by atoms with Crippen LogP contribution in [-0.4, -0.2) is 37.6 Å². The summed E-state index contributed by atoms with van der Waals surface area (Å²) in [6.07, 6.45) is 0. The van der Waals surface area contributed by atoms with Gasteiger partial charge < -0.3 is 10.6 Å². The third-order valence-electron chi connectivity index (χ3n) is 3.51. The van der Waals surface area contributed by atoms with E-state index in [1.807, 2.05) is 0 Å². The van der Waals surface area contributed by atoms with Gasteiger partial charge in [0.2, 0.25) is 0 Å². The lowest BCUT2D eigenvalue weighted by Crippen LogP contribution is -2.47. The number of rotatable bonds is 4. The summed E-state index contributed by atoms with van der Waals surface area (Å²) in [5.41, 5.74) is 8.24. The first-order chi connectivity index (χ1) is 8.69. The SMILES string of the molecule is CC(C)CN1CCN(c2cccc(CN)c2)CC1. The number of anilines is 1. The Morgan fingerprint density at radius 1 is 1.17 bits per heavy atom. The average molecular weight is 247 g/mol. The van der Waals surface area contributed by atoms with Crippen LogP contribution >= 0.6 is 0 Å². The molecule has 0 aliphatic carbocycles. The van der Waals surface area contributed by atoms with Crippen molar-refractivity contribution in [2.24, 2.45) is 11.7 Å². The summed E-state index contributed by atoms with van der Waals surface area (Å²) in [5.74, 6) is 0.761. The lowest BCUT2D eigenvalue weighted by atomic mass is 10.1. The first kappa shape index (κ1) is 13.4. The van der Waals surface area contributed by atoms with Crippen molar-refractivity contribution in [3.63, 3.8) is 0 Å². The molecule has 0 amide bonds. The van der Waals surface area contributed by atoms with Crippen LogP contribution in [0.2, 0.25) is 0 Å². The fourth-order valence-corrected chi connectivity index (χ4v) is 2.59. The Morgan fingerprint density at radius 2 is 1.89 bits per heavy atom. The normalized spacial score (nSPS) is 17.4. The van der Waals surface area contributed by atoms with Crippen LogP contribution < -0.4 is 10.6 Å². The molecule has 1 fully saturated rings. The van der Waals surface area contributed by atoms with Gasteiger partial charge in [0.1, 0.15) is 0 Å². The Kier molecular flexibility index (Phi) is 4.61. The largest absolute Gasteiger partial charge is 0.369 e. The number of nitrogens with zero attached hydrogens (tertiary/aromatic N) is 2. The van der Waals surface area contributed by atoms with Gasteiger partial charge in [-0.25, -0.2) is 0 Å². The van der Waals surface area contributed by atoms with Gasteiger partial charge in [0.15, 0.2) is 0 Å². The van der Waals surface area contributed by atoms with Crippen LogP contribution in [0.3, 0.4) is 0 Å². The second kappa shape index (κ2) is 6.21. The number of hydrogen-bond acceptors (Lipinski definition) is 3. The molecule has 0 saturated carbocycles. The number of hydrogen-bond donors (Lipinski definition) is 1. The first-order valence-electron chi connectivity index (χ1n) is 6.95. The lowest BCUT2D eigenvalue weighted by molar-refractivity contribution is 0.231. The molecule has 1 saturated heterocycles. The van der Waals surface area contributed by atoms with Gasteiger partial charge in [0, 0.05) is 45.0 Å².